The van der Waals surface area contributed by atoms with Crippen LogP contribution in [0.3, 0.4) is 0 Å². The molecule has 1 unspecified atom stereocenters. The van der Waals surface area contributed by atoms with Crippen molar-refractivity contribution in [3.8, 4) is 0 Å². The molecular weight excluding hydrogens is 296 g/mol. The minimum Gasteiger partial charge on any atom is -0.460 e. The second-order valence-electron chi connectivity index (χ2n) is 5.01. The third kappa shape index (κ3) is 4.69. The van der Waals surface area contributed by atoms with Crippen molar-refractivity contribution in [1.29, 1.82) is 0 Å². The quantitative estimate of drug-likeness (QED) is 0.620. The van der Waals surface area contributed by atoms with Gasteiger partial charge in [-0.2, -0.15) is 0 Å². The average Bonchev–Trinajstić information content (AvgIpc) is 2.53. The molecule has 0 aliphatic carbocycles. The van der Waals surface area contributed by atoms with Gasteiger partial charge in [0.2, 0.25) is 0 Å². The molecule has 0 saturated heterocycles. The van der Waals surface area contributed by atoms with Crippen molar-refractivity contribution in [3.05, 3.63) is 53.2 Å². The summed E-state index contributed by atoms with van der Waals surface area (Å²) in [5, 5.41) is 5.30. The van der Waals surface area contributed by atoms with Gasteiger partial charge in [-0.05, 0) is 12.5 Å². The van der Waals surface area contributed by atoms with Gasteiger partial charge < -0.3 is 20.1 Å². The molecule has 2 amide bonds. The number of carbonyl (C=O) groups is 2. The summed E-state index contributed by atoms with van der Waals surface area (Å²) in [6.45, 7) is 2.16. The molecule has 1 heterocycles. The van der Waals surface area contributed by atoms with E-state index in [1.165, 1.54) is 7.11 Å². The Bertz CT molecular complexity index is 623. The molecule has 2 N–H and O–H groups in total. The zero-order valence-electron chi connectivity index (χ0n) is 13.2. The predicted molar refractivity (Wildman–Crippen MR) is 86.5 cm³/mol. The fourth-order valence-corrected chi connectivity index (χ4v) is 2.21. The highest BCUT2D eigenvalue weighted by Gasteiger charge is 2.29. The Morgan fingerprint density at radius 3 is 2.70 bits per heavy atom. The zero-order chi connectivity index (χ0) is 16.7. The number of esters is 1. The number of allylic oxidation sites excluding steroid dienone is 1. The SMILES string of the molecule is COCCOC(=O)C1=C(C)NC(=O)NC1C=Cc1ccccc1. The predicted octanol–water partition coefficient (Wildman–Crippen LogP) is 1.84. The number of hydrogen-bond acceptors (Lipinski definition) is 4. The van der Waals surface area contributed by atoms with Gasteiger partial charge in [-0.1, -0.05) is 42.5 Å². The summed E-state index contributed by atoms with van der Waals surface area (Å²) in [6.07, 6.45) is 3.62. The lowest BCUT2D eigenvalue weighted by Crippen LogP contribution is -2.49. The van der Waals surface area contributed by atoms with Gasteiger partial charge in [0.05, 0.1) is 18.2 Å². The van der Waals surface area contributed by atoms with Gasteiger partial charge >= 0.3 is 12.0 Å². The van der Waals surface area contributed by atoms with E-state index in [0.717, 1.165) is 5.56 Å². The number of rotatable bonds is 6. The van der Waals surface area contributed by atoms with Crippen LogP contribution in [-0.4, -0.2) is 38.4 Å². The van der Waals surface area contributed by atoms with Crippen molar-refractivity contribution in [1.82, 2.24) is 10.6 Å². The Labute approximate surface area is 135 Å². The van der Waals surface area contributed by atoms with E-state index in [9.17, 15) is 9.59 Å². The molecule has 0 fully saturated rings. The summed E-state index contributed by atoms with van der Waals surface area (Å²) in [4.78, 5) is 23.9. The lowest BCUT2D eigenvalue weighted by Gasteiger charge is -2.25. The van der Waals surface area contributed by atoms with Crippen LogP contribution in [-0.2, 0) is 14.3 Å². The minimum absolute atomic E-state index is 0.162. The molecule has 1 aliphatic heterocycles. The first-order valence-corrected chi connectivity index (χ1v) is 7.29. The average molecular weight is 316 g/mol. The van der Waals surface area contributed by atoms with Gasteiger partial charge in [0, 0.05) is 12.8 Å². The Balaban J connectivity index is 2.17. The lowest BCUT2D eigenvalue weighted by atomic mass is 10.0. The van der Waals surface area contributed by atoms with Crippen LogP contribution in [0.15, 0.2) is 47.7 Å². The Hall–Kier alpha value is -2.60. The summed E-state index contributed by atoms with van der Waals surface area (Å²) >= 11 is 0. The third-order valence-electron chi connectivity index (χ3n) is 3.32. The first kappa shape index (κ1) is 16.8. The number of methoxy groups -OCH3 is 1. The molecule has 6 nitrogen and oxygen atoms in total. The molecule has 0 aromatic heterocycles. The highest BCUT2D eigenvalue weighted by atomic mass is 16.6. The molecule has 1 aromatic carbocycles. The largest absolute Gasteiger partial charge is 0.460 e. The van der Waals surface area contributed by atoms with Crippen LogP contribution in [0, 0.1) is 0 Å². The van der Waals surface area contributed by atoms with Gasteiger partial charge in [0.1, 0.15) is 6.61 Å². The van der Waals surface area contributed by atoms with E-state index in [1.807, 2.05) is 36.4 Å². The summed E-state index contributed by atoms with van der Waals surface area (Å²) < 4.78 is 10.0. The lowest BCUT2D eigenvalue weighted by molar-refractivity contribution is -0.140. The zero-order valence-corrected chi connectivity index (χ0v) is 13.2. The summed E-state index contributed by atoms with van der Waals surface area (Å²) in [5.41, 5.74) is 1.84. The highest BCUT2D eigenvalue weighted by Crippen LogP contribution is 2.16. The van der Waals surface area contributed by atoms with Gasteiger partial charge in [-0.3, -0.25) is 0 Å². The van der Waals surface area contributed by atoms with Crippen LogP contribution in [0.5, 0.6) is 0 Å². The first-order chi connectivity index (χ1) is 11.1. The molecule has 0 spiro atoms. The molecule has 0 saturated carbocycles. The van der Waals surface area contributed by atoms with Crippen LogP contribution in [0.1, 0.15) is 12.5 Å². The third-order valence-corrected chi connectivity index (χ3v) is 3.32. The minimum atomic E-state index is -0.543. The van der Waals surface area contributed by atoms with Crippen molar-refractivity contribution in [2.24, 2.45) is 0 Å². The molecule has 6 heteroatoms. The molecule has 1 atom stereocenters. The molecule has 0 bridgehead atoms. The van der Waals surface area contributed by atoms with Crippen LogP contribution in [0.2, 0.25) is 0 Å². The van der Waals surface area contributed by atoms with Crippen molar-refractivity contribution in [2.75, 3.05) is 20.3 Å². The second kappa shape index (κ2) is 8.14. The number of hydrogen-bond donors (Lipinski definition) is 2. The Morgan fingerprint density at radius 1 is 1.26 bits per heavy atom. The Morgan fingerprint density at radius 2 is 2.00 bits per heavy atom. The fourth-order valence-electron chi connectivity index (χ4n) is 2.21. The molecule has 122 valence electrons. The van der Waals surface area contributed by atoms with Crippen molar-refractivity contribution >= 4 is 18.1 Å². The number of urea groups is 1. The van der Waals surface area contributed by atoms with E-state index in [4.69, 9.17) is 9.47 Å². The van der Waals surface area contributed by atoms with E-state index < -0.39 is 12.0 Å². The smallest absolute Gasteiger partial charge is 0.338 e. The number of nitrogens with one attached hydrogen (secondary N) is 2. The summed E-state index contributed by atoms with van der Waals surface area (Å²) in [7, 11) is 1.53. The van der Waals surface area contributed by atoms with Crippen LogP contribution >= 0.6 is 0 Å². The Kier molecular flexibility index (Phi) is 5.94. The highest BCUT2D eigenvalue weighted by molar-refractivity contribution is 5.95. The summed E-state index contributed by atoms with van der Waals surface area (Å²) in [5.74, 6) is -0.477. The fraction of sp³-hybridized carbons (Fsp3) is 0.294. The van der Waals surface area contributed by atoms with E-state index in [0.29, 0.717) is 17.9 Å². The monoisotopic (exact) mass is 316 g/mol. The topological polar surface area (TPSA) is 76.7 Å². The number of ether oxygens (including phenoxy) is 2. The molecular formula is C17H20N2O4. The maximum absolute atomic E-state index is 12.3. The maximum atomic E-state index is 12.3. The van der Waals surface area contributed by atoms with Gasteiger partial charge in [0.25, 0.3) is 0 Å². The molecule has 1 aliphatic rings. The molecule has 2 rings (SSSR count). The number of benzene rings is 1. The van der Waals surface area contributed by atoms with E-state index in [2.05, 4.69) is 10.6 Å². The van der Waals surface area contributed by atoms with Crippen LogP contribution < -0.4 is 10.6 Å². The van der Waals surface area contributed by atoms with Crippen LogP contribution in [0.4, 0.5) is 4.79 Å². The second-order valence-corrected chi connectivity index (χ2v) is 5.01. The summed E-state index contributed by atoms with van der Waals surface area (Å²) in [6, 6.07) is 8.74. The van der Waals surface area contributed by atoms with Gasteiger partial charge in [0.15, 0.2) is 0 Å². The molecule has 23 heavy (non-hydrogen) atoms. The van der Waals surface area contributed by atoms with Gasteiger partial charge in [-0.25, -0.2) is 9.59 Å². The van der Waals surface area contributed by atoms with Crippen LogP contribution in [0.25, 0.3) is 6.08 Å². The standard InChI is InChI=1S/C17H20N2O4/c1-12-15(16(20)23-11-10-22-2)14(19-17(21)18-12)9-8-13-6-4-3-5-7-13/h3-9,14H,10-11H2,1-2H3,(H2,18,19,21). The number of carbonyl (C=O) groups excluding carboxylic acids is 2. The first-order valence-electron chi connectivity index (χ1n) is 7.29. The van der Waals surface area contributed by atoms with Crippen molar-refractivity contribution in [3.63, 3.8) is 0 Å². The van der Waals surface area contributed by atoms with Gasteiger partial charge in [-0.15, -0.1) is 0 Å². The number of amides is 2. The molecule has 1 aromatic rings. The van der Waals surface area contributed by atoms with E-state index >= 15 is 0 Å². The normalized spacial score (nSPS) is 17.8. The van der Waals surface area contributed by atoms with E-state index in [1.54, 1.807) is 13.0 Å². The molecule has 0 radical (unpaired) electrons. The van der Waals surface area contributed by atoms with Crippen molar-refractivity contribution < 1.29 is 19.1 Å². The van der Waals surface area contributed by atoms with Crippen molar-refractivity contribution in [2.45, 2.75) is 13.0 Å². The van der Waals surface area contributed by atoms with E-state index in [-0.39, 0.29) is 12.6 Å². The maximum Gasteiger partial charge on any atom is 0.338 e.